The number of ether oxygens (including phenoxy) is 2. The second kappa shape index (κ2) is 4.86. The monoisotopic (exact) mass is 211 g/mol. The lowest BCUT2D eigenvalue weighted by molar-refractivity contribution is -0.642. The Morgan fingerprint density at radius 2 is 1.93 bits per heavy atom. The van der Waals surface area contributed by atoms with Gasteiger partial charge in [0.2, 0.25) is 0 Å². The zero-order valence-electron chi connectivity index (χ0n) is 8.67. The normalized spacial score (nSPS) is 14.5. The summed E-state index contributed by atoms with van der Waals surface area (Å²) >= 11 is 0. The van der Waals surface area contributed by atoms with Crippen LogP contribution in [0.1, 0.15) is 5.56 Å². The minimum Gasteiger partial charge on any atom is -0.374 e. The van der Waals surface area contributed by atoms with E-state index in [1.165, 1.54) is 14.2 Å². The van der Waals surface area contributed by atoms with Gasteiger partial charge >= 0.3 is 5.72 Å². The van der Waals surface area contributed by atoms with Crippen molar-refractivity contribution in [3.63, 3.8) is 0 Å². The third-order valence-electron chi connectivity index (χ3n) is 2.20. The number of rotatable bonds is 5. The Labute approximate surface area is 87.8 Å². The van der Waals surface area contributed by atoms with Gasteiger partial charge in [-0.25, -0.2) is 0 Å². The van der Waals surface area contributed by atoms with Crippen molar-refractivity contribution in [2.45, 2.75) is 5.72 Å². The number of hydrogen-bond donors (Lipinski definition) is 0. The molecule has 0 amide bonds. The molecular weight excluding hydrogens is 198 g/mol. The first-order chi connectivity index (χ1) is 7.17. The maximum atomic E-state index is 11.0. The van der Waals surface area contributed by atoms with E-state index >= 15 is 0 Å². The highest BCUT2D eigenvalue weighted by atomic mass is 16.7. The molecule has 0 aliphatic heterocycles. The van der Waals surface area contributed by atoms with Crippen molar-refractivity contribution in [3.05, 3.63) is 46.0 Å². The SMILES string of the molecule is COCC(OC)(c1ccccc1)[N+](=O)[O-]. The number of benzene rings is 1. The Kier molecular flexibility index (Phi) is 3.76. The number of nitro groups is 1. The zero-order chi connectivity index (χ0) is 11.3. The number of hydrogen-bond acceptors (Lipinski definition) is 4. The molecule has 5 heteroatoms. The van der Waals surface area contributed by atoms with E-state index in [0.29, 0.717) is 5.56 Å². The first kappa shape index (κ1) is 11.6. The van der Waals surface area contributed by atoms with Crippen LogP contribution < -0.4 is 0 Å². The average molecular weight is 211 g/mol. The van der Waals surface area contributed by atoms with Crippen molar-refractivity contribution >= 4 is 0 Å². The molecule has 0 radical (unpaired) electrons. The first-order valence-electron chi connectivity index (χ1n) is 4.41. The van der Waals surface area contributed by atoms with E-state index in [4.69, 9.17) is 9.47 Å². The van der Waals surface area contributed by atoms with Crippen molar-refractivity contribution in [1.82, 2.24) is 0 Å². The van der Waals surface area contributed by atoms with E-state index in [1.807, 2.05) is 0 Å². The van der Waals surface area contributed by atoms with Crippen molar-refractivity contribution < 1.29 is 14.4 Å². The molecule has 0 aromatic heterocycles. The van der Waals surface area contributed by atoms with Gasteiger partial charge in [-0.2, -0.15) is 0 Å². The van der Waals surface area contributed by atoms with E-state index in [0.717, 1.165) is 0 Å². The second-order valence-corrected chi connectivity index (χ2v) is 3.04. The highest BCUT2D eigenvalue weighted by Crippen LogP contribution is 2.25. The van der Waals surface area contributed by atoms with E-state index in [1.54, 1.807) is 30.3 Å². The topological polar surface area (TPSA) is 61.6 Å². The maximum absolute atomic E-state index is 11.0. The molecule has 0 saturated carbocycles. The maximum Gasteiger partial charge on any atom is 0.374 e. The second-order valence-electron chi connectivity index (χ2n) is 3.04. The van der Waals surface area contributed by atoms with Crippen LogP contribution in [0, 0.1) is 10.1 Å². The number of nitrogens with zero attached hydrogens (tertiary/aromatic N) is 1. The van der Waals surface area contributed by atoms with Crippen LogP contribution >= 0.6 is 0 Å². The highest BCUT2D eigenvalue weighted by Gasteiger charge is 2.45. The van der Waals surface area contributed by atoms with Gasteiger partial charge in [0.1, 0.15) is 6.61 Å². The van der Waals surface area contributed by atoms with Gasteiger partial charge in [0, 0.05) is 14.2 Å². The summed E-state index contributed by atoms with van der Waals surface area (Å²) in [7, 11) is 2.70. The predicted octanol–water partition coefficient (Wildman–Crippen LogP) is 1.41. The van der Waals surface area contributed by atoms with Crippen LogP contribution in [0.2, 0.25) is 0 Å². The Morgan fingerprint density at radius 1 is 1.33 bits per heavy atom. The summed E-state index contributed by atoms with van der Waals surface area (Å²) in [5, 5.41) is 11.0. The molecule has 0 bridgehead atoms. The van der Waals surface area contributed by atoms with Crippen molar-refractivity contribution in [1.29, 1.82) is 0 Å². The van der Waals surface area contributed by atoms with Crippen LogP contribution in [-0.2, 0) is 15.2 Å². The van der Waals surface area contributed by atoms with Gasteiger partial charge in [-0.05, 0) is 12.1 Å². The smallest absolute Gasteiger partial charge is 0.374 e. The molecule has 0 fully saturated rings. The fraction of sp³-hybridized carbons (Fsp3) is 0.400. The van der Waals surface area contributed by atoms with E-state index in [9.17, 15) is 10.1 Å². The van der Waals surface area contributed by atoms with E-state index < -0.39 is 10.6 Å². The Bertz CT molecular complexity index is 327. The van der Waals surface area contributed by atoms with Crippen LogP contribution in [0.5, 0.6) is 0 Å². The molecule has 0 aliphatic carbocycles. The Hall–Kier alpha value is -1.46. The number of methoxy groups -OCH3 is 2. The largest absolute Gasteiger partial charge is 0.374 e. The zero-order valence-corrected chi connectivity index (χ0v) is 8.67. The van der Waals surface area contributed by atoms with Gasteiger partial charge in [0.15, 0.2) is 0 Å². The lowest BCUT2D eigenvalue weighted by Gasteiger charge is -2.22. The van der Waals surface area contributed by atoms with Gasteiger partial charge in [-0.15, -0.1) is 0 Å². The summed E-state index contributed by atoms with van der Waals surface area (Å²) in [6, 6.07) is 8.53. The minimum absolute atomic E-state index is 0.124. The molecular formula is C10H13NO4. The summed E-state index contributed by atoms with van der Waals surface area (Å²) in [4.78, 5) is 10.6. The predicted molar refractivity (Wildman–Crippen MR) is 54.0 cm³/mol. The summed E-state index contributed by atoms with van der Waals surface area (Å²) in [5.74, 6) is 0. The van der Waals surface area contributed by atoms with Crippen LogP contribution in [0.25, 0.3) is 0 Å². The van der Waals surface area contributed by atoms with Crippen LogP contribution in [0.4, 0.5) is 0 Å². The third-order valence-corrected chi connectivity index (χ3v) is 2.20. The van der Waals surface area contributed by atoms with Gasteiger partial charge in [0.05, 0.1) is 10.5 Å². The molecule has 0 saturated heterocycles. The van der Waals surface area contributed by atoms with Gasteiger partial charge in [-0.1, -0.05) is 18.2 Å². The molecule has 1 unspecified atom stereocenters. The fourth-order valence-corrected chi connectivity index (χ4v) is 1.39. The molecule has 1 rings (SSSR count). The van der Waals surface area contributed by atoms with Gasteiger partial charge in [-0.3, -0.25) is 10.1 Å². The molecule has 82 valence electrons. The molecule has 0 aliphatic rings. The summed E-state index contributed by atoms with van der Waals surface area (Å²) in [5.41, 5.74) is -1.14. The third kappa shape index (κ3) is 2.14. The Balaban J connectivity index is 3.15. The lowest BCUT2D eigenvalue weighted by Crippen LogP contribution is -2.41. The molecule has 1 aromatic rings. The standard InChI is InChI=1S/C10H13NO4/c1-14-8-10(15-2,11(12)13)9-6-4-3-5-7-9/h3-7H,8H2,1-2H3. The molecule has 5 nitrogen and oxygen atoms in total. The minimum atomic E-state index is -1.62. The molecule has 15 heavy (non-hydrogen) atoms. The van der Waals surface area contributed by atoms with Crippen LogP contribution in [-0.4, -0.2) is 25.7 Å². The molecule has 0 N–H and O–H groups in total. The fourth-order valence-electron chi connectivity index (χ4n) is 1.39. The molecule has 1 aromatic carbocycles. The van der Waals surface area contributed by atoms with Gasteiger partial charge < -0.3 is 9.47 Å². The summed E-state index contributed by atoms with van der Waals surface area (Å²) < 4.78 is 9.85. The first-order valence-corrected chi connectivity index (χ1v) is 4.41. The summed E-state index contributed by atoms with van der Waals surface area (Å²) in [6.07, 6.45) is 0. The lowest BCUT2D eigenvalue weighted by atomic mass is 10.0. The summed E-state index contributed by atoms with van der Waals surface area (Å²) in [6.45, 7) is -0.124. The van der Waals surface area contributed by atoms with E-state index in [2.05, 4.69) is 0 Å². The van der Waals surface area contributed by atoms with Crippen molar-refractivity contribution in [2.24, 2.45) is 0 Å². The Morgan fingerprint density at radius 3 is 2.33 bits per heavy atom. The van der Waals surface area contributed by atoms with Crippen molar-refractivity contribution in [3.8, 4) is 0 Å². The average Bonchev–Trinajstić information content (AvgIpc) is 2.26. The quantitative estimate of drug-likeness (QED) is 0.419. The molecule has 0 heterocycles. The molecule has 1 atom stereocenters. The van der Waals surface area contributed by atoms with Crippen molar-refractivity contribution in [2.75, 3.05) is 20.8 Å². The highest BCUT2D eigenvalue weighted by molar-refractivity contribution is 5.20. The van der Waals surface area contributed by atoms with Crippen LogP contribution in [0.15, 0.2) is 30.3 Å². The van der Waals surface area contributed by atoms with Crippen LogP contribution in [0.3, 0.4) is 0 Å². The van der Waals surface area contributed by atoms with Gasteiger partial charge in [0.25, 0.3) is 0 Å². The van der Waals surface area contributed by atoms with E-state index in [-0.39, 0.29) is 6.61 Å². The molecule has 0 spiro atoms.